The van der Waals surface area contributed by atoms with E-state index >= 15 is 0 Å². The molecule has 1 aromatic rings. The average Bonchev–Trinajstić information content (AvgIpc) is 2.81. The van der Waals surface area contributed by atoms with Crippen LogP contribution in [0.2, 0.25) is 0 Å². The van der Waals surface area contributed by atoms with Gasteiger partial charge < -0.3 is 21.1 Å². The summed E-state index contributed by atoms with van der Waals surface area (Å²) in [4.78, 5) is 11.3. The lowest BCUT2D eigenvalue weighted by molar-refractivity contribution is -0.118. The van der Waals surface area contributed by atoms with Crippen LogP contribution in [-0.2, 0) is 11.3 Å². The van der Waals surface area contributed by atoms with Crippen molar-refractivity contribution in [2.45, 2.75) is 37.9 Å². The lowest BCUT2D eigenvalue weighted by Crippen LogP contribution is -2.40. The second-order valence-electron chi connectivity index (χ2n) is 5.25. The predicted octanol–water partition coefficient (Wildman–Crippen LogP) is 0.987. The molecule has 2 unspecified atom stereocenters. The number of hydrogen-bond donors (Lipinski definition) is 3. The van der Waals surface area contributed by atoms with E-state index in [2.05, 4.69) is 10.6 Å². The van der Waals surface area contributed by atoms with E-state index in [1.807, 2.05) is 18.2 Å². The molecule has 1 aromatic carbocycles. The van der Waals surface area contributed by atoms with Gasteiger partial charge in [-0.25, -0.2) is 0 Å². The number of anilines is 1. The molecule has 102 valence electrons. The summed E-state index contributed by atoms with van der Waals surface area (Å²) < 4.78 is 5.33. The van der Waals surface area contributed by atoms with Gasteiger partial charge >= 0.3 is 0 Å². The minimum Gasteiger partial charge on any atom is -0.482 e. The Morgan fingerprint density at radius 1 is 1.42 bits per heavy atom. The van der Waals surface area contributed by atoms with Crippen LogP contribution in [0, 0.1) is 0 Å². The summed E-state index contributed by atoms with van der Waals surface area (Å²) in [5.74, 6) is 0.636. The minimum absolute atomic E-state index is 0.0987. The molecule has 1 heterocycles. The molecule has 2 aliphatic rings. The zero-order valence-electron chi connectivity index (χ0n) is 10.8. The van der Waals surface area contributed by atoms with E-state index in [0.29, 0.717) is 6.04 Å². The topological polar surface area (TPSA) is 76.4 Å². The number of benzene rings is 1. The zero-order valence-corrected chi connectivity index (χ0v) is 10.8. The molecule has 1 fully saturated rings. The Bertz CT molecular complexity index is 490. The molecule has 0 saturated heterocycles. The van der Waals surface area contributed by atoms with Crippen LogP contribution in [0.1, 0.15) is 24.8 Å². The Balaban J connectivity index is 1.65. The highest BCUT2D eigenvalue weighted by molar-refractivity contribution is 5.95. The van der Waals surface area contributed by atoms with Crippen LogP contribution in [0.5, 0.6) is 5.75 Å². The number of carbonyl (C=O) groups is 1. The fraction of sp³-hybridized carbons (Fsp3) is 0.500. The number of amides is 1. The van der Waals surface area contributed by atoms with Crippen molar-refractivity contribution in [3.8, 4) is 5.75 Å². The lowest BCUT2D eigenvalue weighted by atomic mass is 10.1. The third kappa shape index (κ3) is 2.72. The Morgan fingerprint density at radius 3 is 3.11 bits per heavy atom. The molecule has 2 atom stereocenters. The highest BCUT2D eigenvalue weighted by atomic mass is 16.5. The number of fused-ring (bicyclic) bond motifs is 1. The number of nitrogens with one attached hydrogen (secondary N) is 2. The Morgan fingerprint density at radius 2 is 2.32 bits per heavy atom. The number of hydrogen-bond acceptors (Lipinski definition) is 4. The molecular weight excluding hydrogens is 242 g/mol. The van der Waals surface area contributed by atoms with E-state index in [1.54, 1.807) is 0 Å². The van der Waals surface area contributed by atoms with Gasteiger partial charge in [0.15, 0.2) is 6.61 Å². The van der Waals surface area contributed by atoms with Gasteiger partial charge in [0.2, 0.25) is 0 Å². The Kier molecular flexibility index (Phi) is 3.40. The highest BCUT2D eigenvalue weighted by Crippen LogP contribution is 2.28. The smallest absolute Gasteiger partial charge is 0.262 e. The predicted molar refractivity (Wildman–Crippen MR) is 73.0 cm³/mol. The number of rotatable bonds is 3. The van der Waals surface area contributed by atoms with Gasteiger partial charge in [0.1, 0.15) is 5.75 Å². The van der Waals surface area contributed by atoms with Gasteiger partial charge in [-0.15, -0.1) is 0 Å². The molecule has 0 radical (unpaired) electrons. The summed E-state index contributed by atoms with van der Waals surface area (Å²) in [7, 11) is 0. The van der Waals surface area contributed by atoms with Crippen molar-refractivity contribution in [3.63, 3.8) is 0 Å². The largest absolute Gasteiger partial charge is 0.482 e. The lowest BCUT2D eigenvalue weighted by Gasteiger charge is -2.20. The summed E-state index contributed by atoms with van der Waals surface area (Å²) in [5, 5.41) is 6.31. The van der Waals surface area contributed by atoms with Crippen molar-refractivity contribution in [1.29, 1.82) is 0 Å². The Labute approximate surface area is 112 Å². The van der Waals surface area contributed by atoms with Crippen molar-refractivity contribution >= 4 is 11.6 Å². The molecule has 0 spiro atoms. The highest BCUT2D eigenvalue weighted by Gasteiger charge is 2.23. The summed E-state index contributed by atoms with van der Waals surface area (Å²) in [6.07, 6.45) is 3.45. The normalized spacial score (nSPS) is 25.6. The zero-order chi connectivity index (χ0) is 13.2. The van der Waals surface area contributed by atoms with Gasteiger partial charge in [-0.1, -0.05) is 12.5 Å². The maximum Gasteiger partial charge on any atom is 0.262 e. The molecule has 1 saturated carbocycles. The second kappa shape index (κ2) is 5.19. The SMILES string of the molecule is NC1CCCC1NCc1ccc2c(c1)NC(=O)CO2. The van der Waals surface area contributed by atoms with Crippen LogP contribution >= 0.6 is 0 Å². The van der Waals surface area contributed by atoms with E-state index in [1.165, 1.54) is 6.42 Å². The molecule has 19 heavy (non-hydrogen) atoms. The van der Waals surface area contributed by atoms with Crippen LogP contribution in [0.15, 0.2) is 18.2 Å². The van der Waals surface area contributed by atoms with Crippen LogP contribution in [0.3, 0.4) is 0 Å². The standard InChI is InChI=1S/C14H19N3O2/c15-10-2-1-3-11(10)16-7-9-4-5-13-12(6-9)17-14(18)8-19-13/h4-6,10-11,16H,1-3,7-8,15H2,(H,17,18). The first-order valence-corrected chi connectivity index (χ1v) is 6.77. The average molecular weight is 261 g/mol. The van der Waals surface area contributed by atoms with E-state index in [0.717, 1.165) is 36.4 Å². The molecule has 1 aliphatic carbocycles. The first kappa shape index (κ1) is 12.4. The first-order valence-electron chi connectivity index (χ1n) is 6.77. The summed E-state index contributed by atoms with van der Waals surface area (Å²) in [6.45, 7) is 0.864. The van der Waals surface area contributed by atoms with Gasteiger partial charge in [-0.05, 0) is 30.5 Å². The molecule has 1 amide bonds. The number of carbonyl (C=O) groups excluding carboxylic acids is 1. The first-order chi connectivity index (χ1) is 9.22. The van der Waals surface area contributed by atoms with Gasteiger partial charge in [0.05, 0.1) is 5.69 Å². The monoisotopic (exact) mass is 261 g/mol. The summed E-state index contributed by atoms with van der Waals surface area (Å²) in [6, 6.07) is 6.55. The molecule has 0 aromatic heterocycles. The summed E-state index contributed by atoms with van der Waals surface area (Å²) in [5.41, 5.74) is 7.92. The molecule has 4 N–H and O–H groups in total. The third-order valence-electron chi connectivity index (χ3n) is 3.81. The van der Waals surface area contributed by atoms with Crippen molar-refractivity contribution in [3.05, 3.63) is 23.8 Å². The molecule has 5 heteroatoms. The van der Waals surface area contributed by atoms with Gasteiger partial charge in [0.25, 0.3) is 5.91 Å². The van der Waals surface area contributed by atoms with E-state index in [-0.39, 0.29) is 18.6 Å². The third-order valence-corrected chi connectivity index (χ3v) is 3.81. The van der Waals surface area contributed by atoms with E-state index in [9.17, 15) is 4.79 Å². The second-order valence-corrected chi connectivity index (χ2v) is 5.25. The van der Waals surface area contributed by atoms with Crippen molar-refractivity contribution in [1.82, 2.24) is 5.32 Å². The van der Waals surface area contributed by atoms with Crippen molar-refractivity contribution < 1.29 is 9.53 Å². The van der Waals surface area contributed by atoms with E-state index < -0.39 is 0 Å². The van der Waals surface area contributed by atoms with Gasteiger partial charge in [-0.3, -0.25) is 4.79 Å². The van der Waals surface area contributed by atoms with Crippen molar-refractivity contribution in [2.24, 2.45) is 5.73 Å². The number of nitrogens with two attached hydrogens (primary N) is 1. The number of ether oxygens (including phenoxy) is 1. The van der Waals surface area contributed by atoms with Crippen molar-refractivity contribution in [2.75, 3.05) is 11.9 Å². The molecule has 0 bridgehead atoms. The van der Waals surface area contributed by atoms with E-state index in [4.69, 9.17) is 10.5 Å². The molecule has 1 aliphatic heterocycles. The maximum absolute atomic E-state index is 11.3. The molecular formula is C14H19N3O2. The van der Waals surface area contributed by atoms with Gasteiger partial charge in [0, 0.05) is 18.6 Å². The fourth-order valence-electron chi connectivity index (χ4n) is 2.73. The quantitative estimate of drug-likeness (QED) is 0.758. The molecule has 3 rings (SSSR count). The Hall–Kier alpha value is -1.59. The minimum atomic E-state index is -0.101. The van der Waals surface area contributed by atoms with Crippen LogP contribution in [0.25, 0.3) is 0 Å². The van der Waals surface area contributed by atoms with Gasteiger partial charge in [-0.2, -0.15) is 0 Å². The fourth-order valence-corrected chi connectivity index (χ4v) is 2.73. The summed E-state index contributed by atoms with van der Waals surface area (Å²) >= 11 is 0. The van der Waals surface area contributed by atoms with Crippen LogP contribution in [-0.4, -0.2) is 24.6 Å². The van der Waals surface area contributed by atoms with Crippen LogP contribution in [0.4, 0.5) is 5.69 Å². The molecule has 5 nitrogen and oxygen atoms in total. The van der Waals surface area contributed by atoms with Crippen LogP contribution < -0.4 is 21.1 Å². The maximum atomic E-state index is 11.3.